The van der Waals surface area contributed by atoms with E-state index < -0.39 is 11.5 Å². The van der Waals surface area contributed by atoms with Gasteiger partial charge in [-0.25, -0.2) is 14.2 Å². The summed E-state index contributed by atoms with van der Waals surface area (Å²) >= 11 is 5.88. The maximum atomic E-state index is 13.5. The van der Waals surface area contributed by atoms with Crippen LogP contribution in [0.1, 0.15) is 18.5 Å². The van der Waals surface area contributed by atoms with Crippen molar-refractivity contribution in [1.29, 1.82) is 0 Å². The van der Waals surface area contributed by atoms with Crippen molar-refractivity contribution in [1.82, 2.24) is 24.6 Å². The predicted octanol–water partition coefficient (Wildman–Crippen LogP) is 1.85. The van der Waals surface area contributed by atoms with E-state index >= 15 is 0 Å². The minimum Gasteiger partial charge on any atom is -0.493 e. The molecule has 11 heteroatoms. The van der Waals surface area contributed by atoms with E-state index in [-0.39, 0.29) is 16.6 Å². The van der Waals surface area contributed by atoms with E-state index in [0.29, 0.717) is 40.3 Å². The molecule has 0 spiro atoms. The zero-order chi connectivity index (χ0) is 21.5. The summed E-state index contributed by atoms with van der Waals surface area (Å²) in [6.45, 7) is 0.686. The van der Waals surface area contributed by atoms with Crippen LogP contribution in [0.2, 0.25) is 5.02 Å². The highest BCUT2D eigenvalue weighted by Crippen LogP contribution is 2.28. The first-order valence-electron chi connectivity index (χ1n) is 9.60. The van der Waals surface area contributed by atoms with E-state index in [1.54, 1.807) is 28.9 Å². The summed E-state index contributed by atoms with van der Waals surface area (Å²) in [5, 5.41) is 17.9. The normalized spacial score (nSPS) is 15.2. The highest BCUT2D eigenvalue weighted by Gasteiger charge is 2.20. The zero-order valence-electron chi connectivity index (χ0n) is 16.1. The molecule has 0 radical (unpaired) electrons. The van der Waals surface area contributed by atoms with Gasteiger partial charge < -0.3 is 15.4 Å². The molecule has 9 nitrogen and oxygen atoms in total. The second-order valence-electron chi connectivity index (χ2n) is 7.36. The minimum atomic E-state index is -0.524. The standard InChI is InChI=1S/C20H17ClFN7O2/c21-13-6-12(3-4-14(13)22)25-16-7-17(23-8-10-1-2-10)29-18(27-16)11(9-24-29)5-15-19(30)28-20(31)26-15/h3-7,9-10,25,30H,1-2,8H2,(H2,26,28,31). The lowest BCUT2D eigenvalue weighted by molar-refractivity contribution is 0.454. The number of nitrogens with zero attached hydrogens (tertiary/aromatic N) is 4. The largest absolute Gasteiger partial charge is 0.493 e. The third-order valence-electron chi connectivity index (χ3n) is 4.92. The Morgan fingerprint density at radius 2 is 2.19 bits per heavy atom. The Hall–Kier alpha value is -3.66. The Balaban J connectivity index is 1.64. The summed E-state index contributed by atoms with van der Waals surface area (Å²) in [5.74, 6) is 0.257. The number of fused-ring (bicyclic) bond motifs is 1. The number of imidazole rings is 1. The fourth-order valence-corrected chi connectivity index (χ4v) is 3.32. The number of benzene rings is 1. The molecule has 158 valence electrons. The average Bonchev–Trinajstić information content (AvgIpc) is 3.40. The summed E-state index contributed by atoms with van der Waals surface area (Å²) in [6.07, 6.45) is 5.46. The van der Waals surface area contributed by atoms with Crippen LogP contribution >= 0.6 is 11.6 Å². The van der Waals surface area contributed by atoms with E-state index in [1.165, 1.54) is 12.1 Å². The number of halogens is 2. The quantitative estimate of drug-likeness (QED) is 0.376. The molecule has 1 saturated carbocycles. The van der Waals surface area contributed by atoms with E-state index in [4.69, 9.17) is 11.6 Å². The molecule has 3 heterocycles. The Morgan fingerprint density at radius 3 is 2.90 bits per heavy atom. The average molecular weight is 442 g/mol. The van der Waals surface area contributed by atoms with Crippen LogP contribution in [0.5, 0.6) is 5.88 Å². The van der Waals surface area contributed by atoms with E-state index in [9.17, 15) is 14.3 Å². The van der Waals surface area contributed by atoms with Crippen molar-refractivity contribution in [2.75, 3.05) is 11.9 Å². The van der Waals surface area contributed by atoms with Crippen molar-refractivity contribution < 1.29 is 9.50 Å². The molecule has 0 saturated heterocycles. The van der Waals surface area contributed by atoms with Gasteiger partial charge >= 0.3 is 5.69 Å². The monoisotopic (exact) mass is 441 g/mol. The number of hydrogen-bond acceptors (Lipinski definition) is 6. The summed E-state index contributed by atoms with van der Waals surface area (Å²) in [6, 6.07) is 6.04. The smallest absolute Gasteiger partial charge is 0.326 e. The van der Waals surface area contributed by atoms with Gasteiger partial charge in [0, 0.05) is 23.5 Å². The fourth-order valence-electron chi connectivity index (χ4n) is 3.13. The molecule has 1 fully saturated rings. The SMILES string of the molecule is O=c1[nH]c(O)c(C=c2cnn3c(=NCC4CC4)cc(Nc4ccc(F)c(Cl)c4)nc23)[nH]1. The molecule has 0 bridgehead atoms. The van der Waals surface area contributed by atoms with E-state index in [0.717, 1.165) is 12.8 Å². The van der Waals surface area contributed by atoms with Crippen LogP contribution in [0.15, 0.2) is 40.2 Å². The lowest BCUT2D eigenvalue weighted by Crippen LogP contribution is -2.20. The number of rotatable bonds is 5. The number of aromatic hydroxyl groups is 1. The van der Waals surface area contributed by atoms with Crippen molar-refractivity contribution in [2.45, 2.75) is 12.8 Å². The third-order valence-corrected chi connectivity index (χ3v) is 5.21. The summed E-state index contributed by atoms with van der Waals surface area (Å²) < 4.78 is 15.1. The van der Waals surface area contributed by atoms with Crippen LogP contribution in [-0.2, 0) is 0 Å². The summed E-state index contributed by atoms with van der Waals surface area (Å²) in [5.41, 5.74) is 1.31. The fraction of sp³-hybridized carbons (Fsp3) is 0.200. The predicted molar refractivity (Wildman–Crippen MR) is 113 cm³/mol. The first kappa shape index (κ1) is 19.3. The van der Waals surface area contributed by atoms with Crippen molar-refractivity contribution in [2.24, 2.45) is 10.9 Å². The van der Waals surface area contributed by atoms with E-state index in [2.05, 4.69) is 30.4 Å². The van der Waals surface area contributed by atoms with Gasteiger partial charge in [-0.3, -0.25) is 9.98 Å². The van der Waals surface area contributed by atoms with Gasteiger partial charge in [0.15, 0.2) is 11.1 Å². The van der Waals surface area contributed by atoms with E-state index in [1.807, 2.05) is 0 Å². The van der Waals surface area contributed by atoms with Crippen molar-refractivity contribution in [3.05, 3.63) is 68.2 Å². The molecular formula is C20H17ClFN7O2. The molecule has 0 atom stereocenters. The third kappa shape index (κ3) is 4.02. The maximum Gasteiger partial charge on any atom is 0.326 e. The molecule has 31 heavy (non-hydrogen) atoms. The summed E-state index contributed by atoms with van der Waals surface area (Å²) in [7, 11) is 0. The highest BCUT2D eigenvalue weighted by atomic mass is 35.5. The van der Waals surface area contributed by atoms with Gasteiger partial charge in [0.25, 0.3) is 0 Å². The van der Waals surface area contributed by atoms with Crippen molar-refractivity contribution in [3.8, 4) is 5.88 Å². The molecular weight excluding hydrogens is 425 g/mol. The van der Waals surface area contributed by atoms with Crippen LogP contribution in [0.4, 0.5) is 15.9 Å². The second kappa shape index (κ2) is 7.55. The molecule has 5 rings (SSSR count). The lowest BCUT2D eigenvalue weighted by atomic mass is 10.3. The molecule has 1 aromatic carbocycles. The maximum absolute atomic E-state index is 13.5. The molecule has 0 unspecified atom stereocenters. The van der Waals surface area contributed by atoms with Gasteiger partial charge in [-0.05, 0) is 43.0 Å². The number of nitrogens with one attached hydrogen (secondary N) is 3. The Morgan fingerprint density at radius 1 is 1.35 bits per heavy atom. The molecule has 1 aliphatic carbocycles. The molecule has 0 aliphatic heterocycles. The number of aromatic amines is 2. The van der Waals surface area contributed by atoms with Gasteiger partial charge in [-0.15, -0.1) is 0 Å². The number of H-pyrrole nitrogens is 2. The lowest BCUT2D eigenvalue weighted by Gasteiger charge is -2.07. The Labute approximate surface area is 178 Å². The van der Waals surface area contributed by atoms with Crippen LogP contribution in [0.25, 0.3) is 11.7 Å². The number of hydrogen-bond donors (Lipinski definition) is 4. The van der Waals surface area contributed by atoms with Gasteiger partial charge in [0.05, 0.1) is 11.2 Å². The number of anilines is 2. The van der Waals surface area contributed by atoms with Crippen molar-refractivity contribution in [3.63, 3.8) is 0 Å². The van der Waals surface area contributed by atoms with Gasteiger partial charge in [0.2, 0.25) is 5.88 Å². The number of aromatic nitrogens is 5. The molecule has 1 aliphatic rings. The summed E-state index contributed by atoms with van der Waals surface area (Å²) in [4.78, 5) is 25.5. The topological polar surface area (TPSA) is 123 Å². The molecule has 4 N–H and O–H groups in total. The van der Waals surface area contributed by atoms with Crippen LogP contribution in [0.3, 0.4) is 0 Å². The highest BCUT2D eigenvalue weighted by molar-refractivity contribution is 6.31. The van der Waals surface area contributed by atoms with Gasteiger partial charge in [-0.1, -0.05) is 11.6 Å². The minimum absolute atomic E-state index is 0.00464. The molecule has 3 aromatic heterocycles. The first-order chi connectivity index (χ1) is 15.0. The molecule has 4 aromatic rings. The first-order valence-corrected chi connectivity index (χ1v) is 9.98. The van der Waals surface area contributed by atoms with Crippen LogP contribution in [-0.4, -0.2) is 36.2 Å². The zero-order valence-corrected chi connectivity index (χ0v) is 16.8. The second-order valence-corrected chi connectivity index (χ2v) is 7.77. The van der Waals surface area contributed by atoms with Crippen LogP contribution in [0, 0.1) is 11.7 Å². The van der Waals surface area contributed by atoms with Crippen molar-refractivity contribution >= 4 is 34.8 Å². The van der Waals surface area contributed by atoms with Gasteiger partial charge in [0.1, 0.15) is 17.3 Å². The van der Waals surface area contributed by atoms with Crippen LogP contribution < -0.4 is 21.7 Å². The Kier molecular flexibility index (Phi) is 4.70. The van der Waals surface area contributed by atoms with Gasteiger partial charge in [-0.2, -0.15) is 9.61 Å². The molecule has 0 amide bonds. The Bertz CT molecular complexity index is 1470.